The van der Waals surface area contributed by atoms with Gasteiger partial charge in [-0.3, -0.25) is 5.32 Å². The van der Waals surface area contributed by atoms with Gasteiger partial charge < -0.3 is 10.5 Å². The van der Waals surface area contributed by atoms with Crippen LogP contribution in [-0.2, 0) is 11.8 Å². The van der Waals surface area contributed by atoms with Crippen LogP contribution < -0.4 is 11.1 Å². The lowest BCUT2D eigenvalue weighted by atomic mass is 10.1. The van der Waals surface area contributed by atoms with Gasteiger partial charge in [0, 0.05) is 18.3 Å². The van der Waals surface area contributed by atoms with Gasteiger partial charge in [-0.1, -0.05) is 47.7 Å². The lowest BCUT2D eigenvalue weighted by Gasteiger charge is -2.15. The van der Waals surface area contributed by atoms with Gasteiger partial charge in [0.25, 0.3) is 0 Å². The molecule has 0 fully saturated rings. The van der Waals surface area contributed by atoms with Crippen LogP contribution in [0.4, 0.5) is 20.7 Å². The minimum absolute atomic E-state index is 0.338. The number of halogens is 1. The molecule has 0 aliphatic heterocycles. The first-order valence-electron chi connectivity index (χ1n) is 7.92. The molecular formula is C18H18FN5O2. The number of rotatable bonds is 5. The van der Waals surface area contributed by atoms with Crippen molar-refractivity contribution in [2.24, 2.45) is 7.05 Å². The zero-order valence-electron chi connectivity index (χ0n) is 14.1. The molecule has 7 nitrogen and oxygen atoms in total. The molecule has 26 heavy (non-hydrogen) atoms. The second-order valence-electron chi connectivity index (χ2n) is 5.62. The van der Waals surface area contributed by atoms with Crippen molar-refractivity contribution in [2.45, 2.75) is 6.10 Å². The molecule has 0 spiro atoms. The number of ether oxygens (including phenoxy) is 1. The van der Waals surface area contributed by atoms with Crippen molar-refractivity contribution >= 4 is 17.6 Å². The monoisotopic (exact) mass is 355 g/mol. The van der Waals surface area contributed by atoms with E-state index in [1.54, 1.807) is 61.6 Å². The maximum Gasteiger partial charge on any atom is 0.413 e. The lowest BCUT2D eigenvalue weighted by Crippen LogP contribution is -2.20. The SMILES string of the molecule is Cn1nnc(-c2ccc(N)cc2)c1NC(=O)OC(CF)c1ccccc1. The smallest absolute Gasteiger partial charge is 0.413 e. The Morgan fingerprint density at radius 1 is 1.23 bits per heavy atom. The number of anilines is 2. The van der Waals surface area contributed by atoms with Crippen LogP contribution in [0, 0.1) is 0 Å². The summed E-state index contributed by atoms with van der Waals surface area (Å²) < 4.78 is 19.9. The van der Waals surface area contributed by atoms with Gasteiger partial charge in [0.15, 0.2) is 11.9 Å². The van der Waals surface area contributed by atoms with Gasteiger partial charge >= 0.3 is 6.09 Å². The Hall–Kier alpha value is -3.42. The van der Waals surface area contributed by atoms with E-state index < -0.39 is 18.9 Å². The summed E-state index contributed by atoms with van der Waals surface area (Å²) in [5, 5.41) is 10.6. The Labute approximate surface area is 149 Å². The highest BCUT2D eigenvalue weighted by atomic mass is 19.1. The second kappa shape index (κ2) is 7.64. The molecule has 0 aliphatic rings. The number of carbonyl (C=O) groups is 1. The third-order valence-electron chi connectivity index (χ3n) is 3.79. The fourth-order valence-corrected chi connectivity index (χ4v) is 2.44. The highest BCUT2D eigenvalue weighted by molar-refractivity contribution is 5.88. The largest absolute Gasteiger partial charge is 0.438 e. The summed E-state index contributed by atoms with van der Waals surface area (Å²) in [6.45, 7) is -0.827. The van der Waals surface area contributed by atoms with E-state index in [2.05, 4.69) is 15.6 Å². The highest BCUT2D eigenvalue weighted by Gasteiger charge is 2.20. The zero-order chi connectivity index (χ0) is 18.5. The molecule has 1 atom stereocenters. The molecular weight excluding hydrogens is 337 g/mol. The molecule has 0 aliphatic carbocycles. The van der Waals surface area contributed by atoms with Crippen molar-refractivity contribution in [1.29, 1.82) is 0 Å². The standard InChI is InChI=1S/C18H18FN5O2/c1-24-17(16(22-23-24)13-7-9-14(20)10-8-13)21-18(25)26-15(11-19)12-5-3-2-4-6-12/h2-10,15H,11,20H2,1H3,(H,21,25). The third-order valence-corrected chi connectivity index (χ3v) is 3.79. The number of benzene rings is 2. The molecule has 3 N–H and O–H groups in total. The van der Waals surface area contributed by atoms with Gasteiger partial charge in [-0.25, -0.2) is 13.9 Å². The highest BCUT2D eigenvalue weighted by Crippen LogP contribution is 2.26. The van der Waals surface area contributed by atoms with Crippen LogP contribution in [0.1, 0.15) is 11.7 Å². The van der Waals surface area contributed by atoms with Crippen LogP contribution in [0.25, 0.3) is 11.3 Å². The maximum atomic E-state index is 13.3. The van der Waals surface area contributed by atoms with E-state index in [1.807, 2.05) is 0 Å². The summed E-state index contributed by atoms with van der Waals surface area (Å²) >= 11 is 0. The van der Waals surface area contributed by atoms with E-state index in [-0.39, 0.29) is 0 Å². The summed E-state index contributed by atoms with van der Waals surface area (Å²) in [4.78, 5) is 12.3. The van der Waals surface area contributed by atoms with E-state index >= 15 is 0 Å². The molecule has 3 aromatic rings. The van der Waals surface area contributed by atoms with Crippen LogP contribution in [-0.4, -0.2) is 27.8 Å². The van der Waals surface area contributed by atoms with Crippen molar-refractivity contribution in [3.63, 3.8) is 0 Å². The number of aromatic nitrogens is 3. The first-order valence-corrected chi connectivity index (χ1v) is 7.92. The summed E-state index contributed by atoms with van der Waals surface area (Å²) in [5.41, 5.74) is 8.06. The molecule has 0 bridgehead atoms. The van der Waals surface area contributed by atoms with Gasteiger partial charge in [0.05, 0.1) is 0 Å². The third kappa shape index (κ3) is 3.80. The number of amides is 1. The van der Waals surface area contributed by atoms with Crippen LogP contribution >= 0.6 is 0 Å². The topological polar surface area (TPSA) is 95.1 Å². The Morgan fingerprint density at radius 3 is 2.58 bits per heavy atom. The molecule has 1 heterocycles. The number of aryl methyl sites for hydroxylation is 1. The van der Waals surface area contributed by atoms with Crippen molar-refractivity contribution in [3.8, 4) is 11.3 Å². The van der Waals surface area contributed by atoms with E-state index in [1.165, 1.54) is 4.68 Å². The number of nitrogens with one attached hydrogen (secondary N) is 1. The summed E-state index contributed by atoms with van der Waals surface area (Å²) in [5.74, 6) is 0.338. The van der Waals surface area contributed by atoms with Crippen LogP contribution in [0.2, 0.25) is 0 Å². The molecule has 3 rings (SSSR count). The van der Waals surface area contributed by atoms with Crippen LogP contribution in [0.5, 0.6) is 0 Å². The second-order valence-corrected chi connectivity index (χ2v) is 5.62. The molecule has 1 amide bonds. The van der Waals surface area contributed by atoms with Gasteiger partial charge in [-0.2, -0.15) is 0 Å². The quantitative estimate of drug-likeness (QED) is 0.685. The lowest BCUT2D eigenvalue weighted by molar-refractivity contribution is 0.0928. The van der Waals surface area contributed by atoms with Crippen LogP contribution in [0.15, 0.2) is 54.6 Å². The molecule has 134 valence electrons. The molecule has 0 saturated carbocycles. The summed E-state index contributed by atoms with van der Waals surface area (Å²) in [6, 6.07) is 15.7. The van der Waals surface area contributed by atoms with Gasteiger partial charge in [-0.05, 0) is 17.7 Å². The number of carbonyl (C=O) groups excluding carboxylic acids is 1. The van der Waals surface area contributed by atoms with E-state index in [4.69, 9.17) is 10.5 Å². The minimum atomic E-state index is -0.989. The average Bonchev–Trinajstić information content (AvgIpc) is 3.01. The molecule has 1 unspecified atom stereocenters. The molecule has 2 aromatic carbocycles. The maximum absolute atomic E-state index is 13.3. The fourth-order valence-electron chi connectivity index (χ4n) is 2.44. The van der Waals surface area contributed by atoms with Gasteiger partial charge in [-0.15, -0.1) is 5.10 Å². The summed E-state index contributed by atoms with van der Waals surface area (Å²) in [6.07, 6.45) is -1.78. The Morgan fingerprint density at radius 2 is 1.92 bits per heavy atom. The minimum Gasteiger partial charge on any atom is -0.438 e. The van der Waals surface area contributed by atoms with Crippen molar-refractivity contribution in [3.05, 3.63) is 60.2 Å². The Bertz CT molecular complexity index is 880. The predicted octanol–water partition coefficient (Wildman–Crippen LogP) is 3.32. The van der Waals surface area contributed by atoms with E-state index in [9.17, 15) is 9.18 Å². The average molecular weight is 355 g/mol. The van der Waals surface area contributed by atoms with Crippen molar-refractivity contribution in [2.75, 3.05) is 17.7 Å². The normalized spacial score (nSPS) is 11.8. The first kappa shape index (κ1) is 17.4. The van der Waals surface area contributed by atoms with Crippen molar-refractivity contribution in [1.82, 2.24) is 15.0 Å². The molecule has 0 saturated heterocycles. The molecule has 0 radical (unpaired) electrons. The molecule has 1 aromatic heterocycles. The summed E-state index contributed by atoms with van der Waals surface area (Å²) in [7, 11) is 1.63. The molecule has 8 heteroatoms. The van der Waals surface area contributed by atoms with Gasteiger partial charge in [0.1, 0.15) is 12.4 Å². The first-order chi connectivity index (χ1) is 12.6. The Kier molecular flexibility index (Phi) is 5.12. The number of nitrogens with zero attached hydrogens (tertiary/aromatic N) is 3. The number of hydrogen-bond acceptors (Lipinski definition) is 5. The van der Waals surface area contributed by atoms with E-state index in [0.29, 0.717) is 22.8 Å². The van der Waals surface area contributed by atoms with Crippen LogP contribution in [0.3, 0.4) is 0 Å². The van der Waals surface area contributed by atoms with Gasteiger partial charge in [0.2, 0.25) is 0 Å². The number of nitrogen functional groups attached to an aromatic ring is 1. The fraction of sp³-hybridized carbons (Fsp3) is 0.167. The number of alkyl halides is 1. The predicted molar refractivity (Wildman–Crippen MR) is 96.1 cm³/mol. The number of hydrogen-bond donors (Lipinski definition) is 2. The zero-order valence-corrected chi connectivity index (χ0v) is 14.1. The Balaban J connectivity index is 1.77. The van der Waals surface area contributed by atoms with Crippen molar-refractivity contribution < 1.29 is 13.9 Å². The number of nitrogens with two attached hydrogens (primary N) is 1. The van der Waals surface area contributed by atoms with E-state index in [0.717, 1.165) is 5.56 Å².